The quantitative estimate of drug-likeness (QED) is 0.118. The van der Waals surface area contributed by atoms with Crippen LogP contribution in [0.25, 0.3) is 127 Å². The second-order valence-electron chi connectivity index (χ2n) is 17.1. The molecule has 0 amide bonds. The maximum Gasteiger partial charge on any atom is 0.164 e. The number of rotatable bonds is 7. The van der Waals surface area contributed by atoms with E-state index in [0.717, 1.165) is 55.7 Å². The lowest BCUT2D eigenvalue weighted by atomic mass is 9.89. The van der Waals surface area contributed by atoms with Crippen LogP contribution in [0.4, 0.5) is 0 Å². The molecular weight excluding hydrogens is 813 g/mol. The van der Waals surface area contributed by atoms with Crippen molar-refractivity contribution in [1.29, 1.82) is 0 Å². The molecule has 0 aliphatic heterocycles. The van der Waals surface area contributed by atoms with Gasteiger partial charge in [0.05, 0.1) is 11.0 Å². The van der Waals surface area contributed by atoms with Crippen LogP contribution in [0.15, 0.2) is 243 Å². The summed E-state index contributed by atoms with van der Waals surface area (Å²) in [4.78, 5) is 15.8. The normalized spacial score (nSPS) is 11.6. The van der Waals surface area contributed by atoms with E-state index < -0.39 is 0 Å². The minimum Gasteiger partial charge on any atom is -0.309 e. The van der Waals surface area contributed by atoms with Gasteiger partial charge >= 0.3 is 0 Å². The summed E-state index contributed by atoms with van der Waals surface area (Å²) in [6.07, 6.45) is 0. The van der Waals surface area contributed by atoms with Crippen molar-refractivity contribution in [1.82, 2.24) is 19.5 Å². The van der Waals surface area contributed by atoms with E-state index in [2.05, 4.69) is 241 Å². The van der Waals surface area contributed by atoms with Crippen molar-refractivity contribution < 1.29 is 0 Å². The fourth-order valence-electron chi connectivity index (χ4n) is 10.0. The number of nitrogens with zero attached hydrogens (tertiary/aromatic N) is 4. The van der Waals surface area contributed by atoms with Crippen LogP contribution in [0.2, 0.25) is 0 Å². The van der Waals surface area contributed by atoms with Crippen molar-refractivity contribution in [3.8, 4) is 73.2 Å². The smallest absolute Gasteiger partial charge is 0.164 e. The molecule has 0 fully saturated rings. The minimum absolute atomic E-state index is 0.614. The molecule has 0 N–H and O–H groups in total. The van der Waals surface area contributed by atoms with Crippen molar-refractivity contribution >= 4 is 54.1 Å². The third-order valence-corrected chi connectivity index (χ3v) is 13.3. The minimum atomic E-state index is 0.614. The van der Waals surface area contributed by atoms with E-state index in [4.69, 9.17) is 15.0 Å². The van der Waals surface area contributed by atoms with E-state index in [1.165, 1.54) is 54.2 Å². The van der Waals surface area contributed by atoms with Gasteiger partial charge in [-0.25, -0.2) is 15.0 Å². The van der Waals surface area contributed by atoms with Gasteiger partial charge in [0, 0.05) is 33.2 Å². The van der Waals surface area contributed by atoms with Crippen LogP contribution in [0.1, 0.15) is 0 Å². The molecule has 4 heteroatoms. The molecule has 67 heavy (non-hydrogen) atoms. The summed E-state index contributed by atoms with van der Waals surface area (Å²) in [5.74, 6) is 1.85. The molecule has 0 aliphatic carbocycles. The predicted molar refractivity (Wildman–Crippen MR) is 279 cm³/mol. The fraction of sp³-hybridized carbons (Fsp3) is 0. The number of hydrogen-bond acceptors (Lipinski definition) is 3. The molecule has 2 aromatic heterocycles. The SMILES string of the molecule is c1ccc(-c2ccc(-c3nc(-c4ccc(-c5c6ccccc6cc6c5ccc5ccccc56)cc4)nc(-c4ccccc4-c4ccc5c(c4)c4ccccc4n5-c4ccccc4)n3)cc2)cc1. The molecule has 0 spiro atoms. The summed E-state index contributed by atoms with van der Waals surface area (Å²) in [7, 11) is 0. The molecule has 13 rings (SSSR count). The maximum absolute atomic E-state index is 5.32. The first-order valence-electron chi connectivity index (χ1n) is 22.8. The van der Waals surface area contributed by atoms with Crippen LogP contribution >= 0.6 is 0 Å². The van der Waals surface area contributed by atoms with Crippen LogP contribution in [-0.4, -0.2) is 19.5 Å². The molecule has 2 heterocycles. The molecule has 0 aliphatic rings. The standard InChI is InChI=1S/C63H40N4/c1-3-15-41(16-4-1)42-27-31-45(32-28-42)61-64-62(46-33-29-44(30-34-46)60-52-23-10-8-18-47(52)39-56-50-21-9-7-17-43(50)35-37-54(56)60)66-63(65-61)55-25-12-11-22-51(55)48-36-38-59-57(40-48)53-24-13-14-26-58(53)67(59)49-19-5-2-6-20-49/h1-40H. The predicted octanol–water partition coefficient (Wildman–Crippen LogP) is 16.4. The summed E-state index contributed by atoms with van der Waals surface area (Å²) in [6.45, 7) is 0. The summed E-state index contributed by atoms with van der Waals surface area (Å²) in [5, 5.41) is 9.81. The lowest BCUT2D eigenvalue weighted by Crippen LogP contribution is -2.01. The van der Waals surface area contributed by atoms with Gasteiger partial charge in [0.25, 0.3) is 0 Å². The Labute approximate surface area is 387 Å². The molecule has 312 valence electrons. The summed E-state index contributed by atoms with van der Waals surface area (Å²) in [5.41, 5.74) is 13.0. The second-order valence-corrected chi connectivity index (χ2v) is 17.1. The maximum atomic E-state index is 5.32. The third-order valence-electron chi connectivity index (χ3n) is 13.3. The molecule has 0 unspecified atom stereocenters. The first kappa shape index (κ1) is 38.5. The molecule has 0 bridgehead atoms. The van der Waals surface area contributed by atoms with Gasteiger partial charge in [-0.05, 0) is 102 Å². The molecule has 4 nitrogen and oxygen atoms in total. The lowest BCUT2D eigenvalue weighted by molar-refractivity contribution is 1.07. The van der Waals surface area contributed by atoms with Gasteiger partial charge in [-0.3, -0.25) is 0 Å². The van der Waals surface area contributed by atoms with Crippen LogP contribution in [-0.2, 0) is 0 Å². The Morgan fingerprint density at radius 1 is 0.254 bits per heavy atom. The fourth-order valence-corrected chi connectivity index (χ4v) is 10.0. The van der Waals surface area contributed by atoms with Gasteiger partial charge in [0.15, 0.2) is 17.5 Å². The highest BCUT2D eigenvalue weighted by atomic mass is 15.0. The third kappa shape index (κ3) is 6.65. The average Bonchev–Trinajstić information content (AvgIpc) is 3.74. The van der Waals surface area contributed by atoms with Crippen molar-refractivity contribution in [3.63, 3.8) is 0 Å². The Balaban J connectivity index is 0.963. The topological polar surface area (TPSA) is 43.6 Å². The summed E-state index contributed by atoms with van der Waals surface area (Å²) < 4.78 is 2.35. The Bertz CT molecular complexity index is 4010. The second kappa shape index (κ2) is 15.9. The largest absolute Gasteiger partial charge is 0.309 e. The monoisotopic (exact) mass is 852 g/mol. The van der Waals surface area contributed by atoms with Gasteiger partial charge in [-0.15, -0.1) is 0 Å². The molecule has 0 radical (unpaired) electrons. The van der Waals surface area contributed by atoms with E-state index in [0.29, 0.717) is 17.5 Å². The Morgan fingerprint density at radius 3 is 1.52 bits per heavy atom. The Kier molecular flexibility index (Phi) is 9.14. The zero-order valence-corrected chi connectivity index (χ0v) is 36.4. The first-order valence-corrected chi connectivity index (χ1v) is 22.8. The van der Waals surface area contributed by atoms with Crippen molar-refractivity contribution in [2.24, 2.45) is 0 Å². The molecule has 0 saturated heterocycles. The van der Waals surface area contributed by atoms with Crippen molar-refractivity contribution in [3.05, 3.63) is 243 Å². The average molecular weight is 853 g/mol. The summed E-state index contributed by atoms with van der Waals surface area (Å²) >= 11 is 0. The zero-order valence-electron chi connectivity index (χ0n) is 36.4. The van der Waals surface area contributed by atoms with Crippen LogP contribution in [0.5, 0.6) is 0 Å². The van der Waals surface area contributed by atoms with E-state index in [9.17, 15) is 0 Å². The number of benzene rings is 11. The molecule has 13 aromatic rings. The lowest BCUT2D eigenvalue weighted by Gasteiger charge is -2.15. The van der Waals surface area contributed by atoms with Crippen LogP contribution in [0.3, 0.4) is 0 Å². The van der Waals surface area contributed by atoms with Crippen LogP contribution in [0, 0.1) is 0 Å². The van der Waals surface area contributed by atoms with E-state index >= 15 is 0 Å². The Hall–Kier alpha value is -8.99. The number of aromatic nitrogens is 4. The van der Waals surface area contributed by atoms with Gasteiger partial charge in [0.1, 0.15) is 0 Å². The highest BCUT2D eigenvalue weighted by Crippen LogP contribution is 2.41. The number of para-hydroxylation sites is 2. The highest BCUT2D eigenvalue weighted by Gasteiger charge is 2.19. The highest BCUT2D eigenvalue weighted by molar-refractivity contribution is 6.20. The van der Waals surface area contributed by atoms with Crippen molar-refractivity contribution in [2.45, 2.75) is 0 Å². The van der Waals surface area contributed by atoms with Gasteiger partial charge < -0.3 is 4.57 Å². The zero-order chi connectivity index (χ0) is 44.3. The molecular formula is C63H40N4. The van der Waals surface area contributed by atoms with Gasteiger partial charge in [-0.1, -0.05) is 206 Å². The first-order chi connectivity index (χ1) is 33.2. The molecule has 11 aromatic carbocycles. The van der Waals surface area contributed by atoms with E-state index in [1.54, 1.807) is 0 Å². The van der Waals surface area contributed by atoms with Gasteiger partial charge in [0.2, 0.25) is 0 Å². The van der Waals surface area contributed by atoms with Gasteiger partial charge in [-0.2, -0.15) is 0 Å². The molecule has 0 saturated carbocycles. The van der Waals surface area contributed by atoms with E-state index in [1.807, 2.05) is 6.07 Å². The Morgan fingerprint density at radius 2 is 0.776 bits per heavy atom. The van der Waals surface area contributed by atoms with E-state index in [-0.39, 0.29) is 0 Å². The number of fused-ring (bicyclic) bond motifs is 7. The van der Waals surface area contributed by atoms with Crippen LogP contribution < -0.4 is 0 Å². The molecule has 0 atom stereocenters. The summed E-state index contributed by atoms with van der Waals surface area (Å²) in [6, 6.07) is 86.5. The number of hydrogen-bond donors (Lipinski definition) is 0. The van der Waals surface area contributed by atoms with Crippen molar-refractivity contribution in [2.75, 3.05) is 0 Å².